The molecule has 3 heteroatoms. The van der Waals surface area contributed by atoms with Gasteiger partial charge in [-0.3, -0.25) is 0 Å². The van der Waals surface area contributed by atoms with Crippen molar-refractivity contribution in [3.05, 3.63) is 24.3 Å². The van der Waals surface area contributed by atoms with Crippen LogP contribution in [0.5, 0.6) is 0 Å². The van der Waals surface area contributed by atoms with E-state index in [1.54, 1.807) is 6.20 Å². The van der Waals surface area contributed by atoms with Crippen molar-refractivity contribution in [2.24, 2.45) is 5.73 Å². The Morgan fingerprint density at radius 2 is 2.22 bits per heavy atom. The van der Waals surface area contributed by atoms with Gasteiger partial charge in [0, 0.05) is 18.9 Å². The van der Waals surface area contributed by atoms with Crippen LogP contribution in [0.25, 0.3) is 0 Å². The van der Waals surface area contributed by atoms with Gasteiger partial charge in [-0.05, 0) is 6.92 Å². The summed E-state index contributed by atoms with van der Waals surface area (Å²) < 4.78 is 0. The highest BCUT2D eigenvalue weighted by molar-refractivity contribution is 5.01. The molecule has 0 radical (unpaired) electrons. The van der Waals surface area contributed by atoms with E-state index in [9.17, 15) is 0 Å². The zero-order valence-electron chi connectivity index (χ0n) is 5.86. The predicted octanol–water partition coefficient (Wildman–Crippen LogP) is 0.0866. The molecule has 4 N–H and O–H groups in total. The Morgan fingerprint density at radius 3 is 2.56 bits per heavy atom. The molecule has 0 aliphatic carbocycles. The lowest BCUT2D eigenvalue weighted by Crippen LogP contribution is -2.17. The van der Waals surface area contributed by atoms with Gasteiger partial charge in [0.15, 0.2) is 0 Å². The number of hydrogen-bond acceptors (Lipinski definition) is 3. The number of nitrogens with two attached hydrogens (primary N) is 1. The molecule has 0 spiro atoms. The Hall–Kier alpha value is -1.12. The van der Waals surface area contributed by atoms with Crippen molar-refractivity contribution < 1.29 is 0 Å². The first-order valence-corrected chi connectivity index (χ1v) is 2.72. The van der Waals surface area contributed by atoms with Gasteiger partial charge in [-0.25, -0.2) is 0 Å². The second-order valence-corrected chi connectivity index (χ2v) is 1.77. The fourth-order valence-electron chi connectivity index (χ4n) is 0.506. The Balaban J connectivity index is 3.62. The summed E-state index contributed by atoms with van der Waals surface area (Å²) in [6.45, 7) is 5.37. The van der Waals surface area contributed by atoms with E-state index in [1.165, 1.54) is 0 Å². The molecule has 52 valence electrons. The van der Waals surface area contributed by atoms with E-state index in [-0.39, 0.29) is 0 Å². The SMILES string of the molecule is C=C(N)N/C(C)=C/NC. The van der Waals surface area contributed by atoms with Gasteiger partial charge in [0.2, 0.25) is 0 Å². The summed E-state index contributed by atoms with van der Waals surface area (Å²) in [7, 11) is 1.82. The second-order valence-electron chi connectivity index (χ2n) is 1.77. The molecule has 3 nitrogen and oxygen atoms in total. The van der Waals surface area contributed by atoms with Gasteiger partial charge in [-0.15, -0.1) is 0 Å². The monoisotopic (exact) mass is 127 g/mol. The summed E-state index contributed by atoms with van der Waals surface area (Å²) in [6, 6.07) is 0. The lowest BCUT2D eigenvalue weighted by molar-refractivity contribution is 0.921. The summed E-state index contributed by atoms with van der Waals surface area (Å²) in [5.74, 6) is 0.457. The van der Waals surface area contributed by atoms with Crippen LogP contribution < -0.4 is 16.4 Å². The molecular formula is C6H13N3. The van der Waals surface area contributed by atoms with E-state index in [0.29, 0.717) is 5.82 Å². The van der Waals surface area contributed by atoms with Gasteiger partial charge in [0.1, 0.15) is 0 Å². The van der Waals surface area contributed by atoms with Crippen LogP contribution in [0.2, 0.25) is 0 Å². The summed E-state index contributed by atoms with van der Waals surface area (Å²) in [5.41, 5.74) is 6.20. The predicted molar refractivity (Wildman–Crippen MR) is 39.3 cm³/mol. The number of hydrogen-bond donors (Lipinski definition) is 3. The smallest absolute Gasteiger partial charge is 0.0928 e. The molecule has 0 rings (SSSR count). The average molecular weight is 127 g/mol. The van der Waals surface area contributed by atoms with Gasteiger partial charge in [-0.1, -0.05) is 6.58 Å². The van der Waals surface area contributed by atoms with Crippen molar-refractivity contribution in [3.8, 4) is 0 Å². The van der Waals surface area contributed by atoms with Crippen LogP contribution in [0.1, 0.15) is 6.92 Å². The Morgan fingerprint density at radius 1 is 1.67 bits per heavy atom. The molecule has 0 saturated carbocycles. The Labute approximate surface area is 55.6 Å². The largest absolute Gasteiger partial charge is 0.393 e. The molecule has 0 aromatic rings. The quantitative estimate of drug-likeness (QED) is 0.503. The summed E-state index contributed by atoms with van der Waals surface area (Å²) in [6.07, 6.45) is 1.80. The minimum absolute atomic E-state index is 0.457. The van der Waals surface area contributed by atoms with E-state index in [1.807, 2.05) is 14.0 Å². The molecular weight excluding hydrogens is 114 g/mol. The third-order valence-corrected chi connectivity index (χ3v) is 0.719. The van der Waals surface area contributed by atoms with Crippen molar-refractivity contribution in [1.29, 1.82) is 0 Å². The Bertz CT molecular complexity index is 126. The molecule has 0 fully saturated rings. The minimum atomic E-state index is 0.457. The normalized spacial score (nSPS) is 10.7. The van der Waals surface area contributed by atoms with Crippen LogP contribution in [0, 0.1) is 0 Å². The molecule has 0 aliphatic rings. The number of allylic oxidation sites excluding steroid dienone is 1. The first-order chi connectivity index (χ1) is 4.16. The number of nitrogens with one attached hydrogen (secondary N) is 2. The van der Waals surface area contributed by atoms with E-state index in [2.05, 4.69) is 17.2 Å². The second kappa shape index (κ2) is 3.83. The van der Waals surface area contributed by atoms with Crippen LogP contribution in [-0.4, -0.2) is 7.05 Å². The molecule has 0 unspecified atom stereocenters. The highest BCUT2D eigenvalue weighted by Crippen LogP contribution is 1.83. The van der Waals surface area contributed by atoms with Crippen molar-refractivity contribution in [2.75, 3.05) is 7.05 Å². The van der Waals surface area contributed by atoms with Gasteiger partial charge >= 0.3 is 0 Å². The molecule has 0 bridgehead atoms. The Kier molecular flexibility index (Phi) is 3.35. The van der Waals surface area contributed by atoms with Crippen molar-refractivity contribution in [1.82, 2.24) is 10.6 Å². The van der Waals surface area contributed by atoms with Crippen molar-refractivity contribution >= 4 is 0 Å². The molecule has 0 aliphatic heterocycles. The highest BCUT2D eigenvalue weighted by atomic mass is 15.0. The molecule has 0 amide bonds. The first kappa shape index (κ1) is 7.88. The average Bonchev–Trinajstić information content (AvgIpc) is 1.63. The van der Waals surface area contributed by atoms with Crippen LogP contribution in [-0.2, 0) is 0 Å². The van der Waals surface area contributed by atoms with E-state index < -0.39 is 0 Å². The van der Waals surface area contributed by atoms with Crippen LogP contribution in [0.3, 0.4) is 0 Å². The minimum Gasteiger partial charge on any atom is -0.393 e. The number of rotatable bonds is 3. The highest BCUT2D eigenvalue weighted by Gasteiger charge is 1.83. The molecule has 0 atom stereocenters. The zero-order valence-corrected chi connectivity index (χ0v) is 5.86. The maximum atomic E-state index is 5.25. The van der Waals surface area contributed by atoms with Crippen molar-refractivity contribution in [3.63, 3.8) is 0 Å². The third kappa shape index (κ3) is 4.74. The lowest BCUT2D eigenvalue weighted by atomic mass is 10.5. The molecule has 0 aromatic heterocycles. The third-order valence-electron chi connectivity index (χ3n) is 0.719. The molecule has 0 saturated heterocycles. The van der Waals surface area contributed by atoms with Gasteiger partial charge in [-0.2, -0.15) is 0 Å². The van der Waals surface area contributed by atoms with Gasteiger partial charge in [0.05, 0.1) is 5.82 Å². The molecule has 9 heavy (non-hydrogen) atoms. The standard InChI is InChI=1S/C6H13N3/c1-5(4-8-3)9-6(2)7/h4,8-9H,2,7H2,1,3H3/b5-4+. The maximum Gasteiger partial charge on any atom is 0.0928 e. The fourth-order valence-corrected chi connectivity index (χ4v) is 0.506. The van der Waals surface area contributed by atoms with Crippen LogP contribution in [0.4, 0.5) is 0 Å². The molecule has 0 aromatic carbocycles. The van der Waals surface area contributed by atoms with Gasteiger partial charge in [0.25, 0.3) is 0 Å². The first-order valence-electron chi connectivity index (χ1n) is 2.72. The summed E-state index contributed by atoms with van der Waals surface area (Å²) in [4.78, 5) is 0. The molecule has 0 heterocycles. The summed E-state index contributed by atoms with van der Waals surface area (Å²) >= 11 is 0. The maximum absolute atomic E-state index is 5.25. The van der Waals surface area contributed by atoms with E-state index in [4.69, 9.17) is 5.73 Å². The van der Waals surface area contributed by atoms with E-state index in [0.717, 1.165) is 5.70 Å². The van der Waals surface area contributed by atoms with E-state index >= 15 is 0 Å². The van der Waals surface area contributed by atoms with Crippen LogP contribution in [0.15, 0.2) is 24.3 Å². The summed E-state index contributed by atoms with van der Waals surface area (Å²) in [5, 5.41) is 5.68. The fraction of sp³-hybridized carbons (Fsp3) is 0.333. The van der Waals surface area contributed by atoms with Crippen LogP contribution >= 0.6 is 0 Å². The topological polar surface area (TPSA) is 50.1 Å². The van der Waals surface area contributed by atoms with Crippen molar-refractivity contribution in [2.45, 2.75) is 6.92 Å². The zero-order chi connectivity index (χ0) is 7.28. The lowest BCUT2D eigenvalue weighted by Gasteiger charge is -2.03. The van der Waals surface area contributed by atoms with Gasteiger partial charge < -0.3 is 16.4 Å².